The van der Waals surface area contributed by atoms with Crippen molar-refractivity contribution in [3.8, 4) is 0 Å². The van der Waals surface area contributed by atoms with Gasteiger partial charge in [-0.2, -0.15) is 0 Å². The van der Waals surface area contributed by atoms with E-state index in [0.29, 0.717) is 23.5 Å². The summed E-state index contributed by atoms with van der Waals surface area (Å²) >= 11 is 0. The molecule has 1 aliphatic rings. The number of aliphatic carboxylic acids is 1. The van der Waals surface area contributed by atoms with Gasteiger partial charge in [-0.3, -0.25) is 9.59 Å². The zero-order valence-electron chi connectivity index (χ0n) is 10.8. The highest BCUT2D eigenvalue weighted by atomic mass is 19.1. The fraction of sp³-hybridized carbons (Fsp3) is 0.333. The SMILES string of the molecule is O=C(O)Cc1cc(=O)c2cccc(F)c2n1CC1CC1. The molecular weight excluding hydrogens is 261 g/mol. The molecule has 1 aliphatic carbocycles. The van der Waals surface area contributed by atoms with Crippen molar-refractivity contribution in [2.75, 3.05) is 0 Å². The fourth-order valence-electron chi connectivity index (χ4n) is 2.51. The molecule has 3 rings (SSSR count). The molecule has 0 bridgehead atoms. The molecule has 20 heavy (non-hydrogen) atoms. The summed E-state index contributed by atoms with van der Waals surface area (Å²) in [6, 6.07) is 5.69. The highest BCUT2D eigenvalue weighted by Crippen LogP contribution is 2.32. The molecule has 0 spiro atoms. The summed E-state index contributed by atoms with van der Waals surface area (Å²) < 4.78 is 15.8. The molecule has 0 saturated heterocycles. The van der Waals surface area contributed by atoms with E-state index in [1.165, 1.54) is 18.2 Å². The number of carboxylic acid groups (broad SMARTS) is 1. The molecule has 0 unspecified atom stereocenters. The first-order valence-corrected chi connectivity index (χ1v) is 6.59. The second kappa shape index (κ2) is 4.74. The van der Waals surface area contributed by atoms with Gasteiger partial charge in [-0.25, -0.2) is 4.39 Å². The average Bonchev–Trinajstić information content (AvgIpc) is 3.17. The van der Waals surface area contributed by atoms with Crippen molar-refractivity contribution in [2.45, 2.75) is 25.8 Å². The lowest BCUT2D eigenvalue weighted by atomic mass is 10.1. The third-order valence-corrected chi connectivity index (χ3v) is 3.64. The van der Waals surface area contributed by atoms with Gasteiger partial charge in [0.2, 0.25) is 0 Å². The molecule has 0 amide bonds. The molecule has 1 saturated carbocycles. The van der Waals surface area contributed by atoms with Gasteiger partial charge >= 0.3 is 5.97 Å². The Hall–Kier alpha value is -2.17. The third kappa shape index (κ3) is 2.31. The lowest BCUT2D eigenvalue weighted by Crippen LogP contribution is -2.18. The quantitative estimate of drug-likeness (QED) is 0.930. The molecule has 1 N–H and O–H groups in total. The molecular formula is C15H14FNO3. The Morgan fingerprint density at radius 1 is 1.40 bits per heavy atom. The summed E-state index contributed by atoms with van der Waals surface area (Å²) in [4.78, 5) is 23.0. The van der Waals surface area contributed by atoms with E-state index in [1.54, 1.807) is 10.6 Å². The van der Waals surface area contributed by atoms with Gasteiger partial charge in [0.05, 0.1) is 11.9 Å². The lowest BCUT2D eigenvalue weighted by molar-refractivity contribution is -0.136. The molecule has 1 fully saturated rings. The highest BCUT2D eigenvalue weighted by Gasteiger charge is 2.24. The van der Waals surface area contributed by atoms with Crippen LogP contribution >= 0.6 is 0 Å². The van der Waals surface area contributed by atoms with Crippen LogP contribution in [0.5, 0.6) is 0 Å². The zero-order valence-corrected chi connectivity index (χ0v) is 10.8. The van der Waals surface area contributed by atoms with Gasteiger partial charge in [0, 0.05) is 23.7 Å². The number of hydrogen-bond acceptors (Lipinski definition) is 2. The standard InChI is InChI=1S/C15H14FNO3/c16-12-3-1-2-11-13(18)6-10(7-14(19)20)17(15(11)12)8-9-4-5-9/h1-3,6,9H,4-5,7-8H2,(H,19,20). The second-order valence-electron chi connectivity index (χ2n) is 5.26. The third-order valence-electron chi connectivity index (χ3n) is 3.64. The van der Waals surface area contributed by atoms with E-state index in [2.05, 4.69) is 0 Å². The number of benzene rings is 1. The van der Waals surface area contributed by atoms with Crippen LogP contribution in [0.4, 0.5) is 4.39 Å². The van der Waals surface area contributed by atoms with Crippen molar-refractivity contribution in [2.24, 2.45) is 5.92 Å². The van der Waals surface area contributed by atoms with Crippen LogP contribution in [-0.2, 0) is 17.8 Å². The van der Waals surface area contributed by atoms with Crippen LogP contribution in [0.25, 0.3) is 10.9 Å². The maximum absolute atomic E-state index is 14.1. The maximum atomic E-state index is 14.1. The van der Waals surface area contributed by atoms with Crippen LogP contribution in [0.2, 0.25) is 0 Å². The minimum Gasteiger partial charge on any atom is -0.481 e. The van der Waals surface area contributed by atoms with Gasteiger partial charge < -0.3 is 9.67 Å². The topological polar surface area (TPSA) is 59.3 Å². The number of para-hydroxylation sites is 1. The van der Waals surface area contributed by atoms with Crippen molar-refractivity contribution in [3.05, 3.63) is 46.0 Å². The zero-order chi connectivity index (χ0) is 14.3. The number of rotatable bonds is 4. The van der Waals surface area contributed by atoms with Crippen LogP contribution in [-0.4, -0.2) is 15.6 Å². The highest BCUT2D eigenvalue weighted by molar-refractivity contribution is 5.81. The van der Waals surface area contributed by atoms with Gasteiger partial charge in [-0.1, -0.05) is 6.07 Å². The Morgan fingerprint density at radius 3 is 2.80 bits per heavy atom. The monoisotopic (exact) mass is 275 g/mol. The normalized spacial score (nSPS) is 14.7. The van der Waals surface area contributed by atoms with Gasteiger partial charge in [0.25, 0.3) is 0 Å². The summed E-state index contributed by atoms with van der Waals surface area (Å²) in [7, 11) is 0. The maximum Gasteiger partial charge on any atom is 0.309 e. The Morgan fingerprint density at radius 2 is 2.15 bits per heavy atom. The molecule has 2 aromatic rings. The molecule has 4 nitrogen and oxygen atoms in total. The van der Waals surface area contributed by atoms with Gasteiger partial charge in [0.1, 0.15) is 5.82 Å². The molecule has 0 atom stereocenters. The Labute approximate surface area is 114 Å². The Balaban J connectivity index is 2.28. The molecule has 1 aromatic heterocycles. The van der Waals surface area contributed by atoms with Crippen molar-refractivity contribution >= 4 is 16.9 Å². The van der Waals surface area contributed by atoms with E-state index in [1.807, 2.05) is 0 Å². The largest absolute Gasteiger partial charge is 0.481 e. The number of aromatic nitrogens is 1. The number of pyridine rings is 1. The first kappa shape index (κ1) is 12.8. The number of carboxylic acids is 1. The van der Waals surface area contributed by atoms with Crippen molar-refractivity contribution in [1.82, 2.24) is 4.57 Å². The van der Waals surface area contributed by atoms with Crippen LogP contribution < -0.4 is 5.43 Å². The van der Waals surface area contributed by atoms with Crippen LogP contribution in [0, 0.1) is 11.7 Å². The second-order valence-corrected chi connectivity index (χ2v) is 5.26. The predicted octanol–water partition coefficient (Wildman–Crippen LogP) is 2.18. The smallest absolute Gasteiger partial charge is 0.309 e. The van der Waals surface area contributed by atoms with Gasteiger partial charge in [-0.05, 0) is 30.9 Å². The lowest BCUT2D eigenvalue weighted by Gasteiger charge is -2.16. The minimum atomic E-state index is -1.02. The van der Waals surface area contributed by atoms with Crippen molar-refractivity contribution < 1.29 is 14.3 Å². The molecule has 0 radical (unpaired) electrons. The first-order chi connectivity index (χ1) is 9.56. The van der Waals surface area contributed by atoms with Crippen LogP contribution in [0.15, 0.2) is 29.1 Å². The molecule has 104 valence electrons. The van der Waals surface area contributed by atoms with Crippen LogP contribution in [0.3, 0.4) is 0 Å². The molecule has 1 aromatic carbocycles. The predicted molar refractivity (Wildman–Crippen MR) is 72.2 cm³/mol. The van der Waals surface area contributed by atoms with Gasteiger partial charge in [-0.15, -0.1) is 0 Å². The van der Waals surface area contributed by atoms with Crippen molar-refractivity contribution in [1.29, 1.82) is 0 Å². The molecule has 0 aliphatic heterocycles. The fourth-order valence-corrected chi connectivity index (χ4v) is 2.51. The van der Waals surface area contributed by atoms with E-state index < -0.39 is 11.8 Å². The molecule has 1 heterocycles. The number of carbonyl (C=O) groups is 1. The van der Waals surface area contributed by atoms with E-state index >= 15 is 0 Å². The van der Waals surface area contributed by atoms with Crippen molar-refractivity contribution in [3.63, 3.8) is 0 Å². The van der Waals surface area contributed by atoms with E-state index in [0.717, 1.165) is 12.8 Å². The first-order valence-electron chi connectivity index (χ1n) is 6.59. The van der Waals surface area contributed by atoms with Gasteiger partial charge in [0.15, 0.2) is 5.43 Å². The van der Waals surface area contributed by atoms with E-state index in [-0.39, 0.29) is 17.4 Å². The van der Waals surface area contributed by atoms with Crippen LogP contribution in [0.1, 0.15) is 18.5 Å². The Bertz CT molecular complexity index is 747. The summed E-state index contributed by atoms with van der Waals surface area (Å²) in [5.74, 6) is -1.05. The Kier molecular flexibility index (Phi) is 3.04. The number of hydrogen-bond donors (Lipinski definition) is 1. The summed E-state index contributed by atoms with van der Waals surface area (Å²) in [5, 5.41) is 9.27. The number of nitrogens with zero attached hydrogens (tertiary/aromatic N) is 1. The van der Waals surface area contributed by atoms with E-state index in [4.69, 9.17) is 5.11 Å². The summed E-state index contributed by atoms with van der Waals surface area (Å²) in [6.07, 6.45) is 1.86. The number of fused-ring (bicyclic) bond motifs is 1. The number of halogens is 1. The summed E-state index contributed by atoms with van der Waals surface area (Å²) in [6.45, 7) is 0.570. The van der Waals surface area contributed by atoms with E-state index in [9.17, 15) is 14.0 Å². The average molecular weight is 275 g/mol. The summed E-state index contributed by atoms with van der Waals surface area (Å²) in [5.41, 5.74) is 0.262. The molecule has 5 heteroatoms. The minimum absolute atomic E-state index is 0.225.